The van der Waals surface area contributed by atoms with Gasteiger partial charge < -0.3 is 20.9 Å². The maximum Gasteiger partial charge on any atom is 0.319 e. The van der Waals surface area contributed by atoms with E-state index in [1.54, 1.807) is 4.90 Å². The zero-order chi connectivity index (χ0) is 30.5. The molecule has 3 aliphatic rings. The smallest absolute Gasteiger partial charge is 0.319 e. The molecule has 44 heavy (non-hydrogen) atoms. The van der Waals surface area contributed by atoms with Crippen molar-refractivity contribution in [3.8, 4) is 0 Å². The molecule has 3 aromatic carbocycles. The first-order valence-corrected chi connectivity index (χ1v) is 16.4. The molecule has 3 aromatic rings. The first-order valence-electron chi connectivity index (χ1n) is 16.0. The number of carbonyl (C=O) groups is 2. The van der Waals surface area contributed by atoms with Crippen LogP contribution in [0.5, 0.6) is 0 Å². The quantitative estimate of drug-likeness (QED) is 0.366. The maximum absolute atomic E-state index is 13.6. The van der Waals surface area contributed by atoms with E-state index >= 15 is 0 Å². The number of anilines is 2. The molecule has 3 N–H and O–H groups in total. The molecular weight excluding hydrogens is 572 g/mol. The number of rotatable bonds is 7. The molecule has 9 heteroatoms. The number of nitrogens with zero attached hydrogens (tertiary/aromatic N) is 4. The second kappa shape index (κ2) is 14.0. The van der Waals surface area contributed by atoms with E-state index in [9.17, 15) is 9.59 Å². The normalized spacial score (nSPS) is 19.0. The third-order valence-corrected chi connectivity index (χ3v) is 9.64. The Morgan fingerprint density at radius 2 is 1.48 bits per heavy atom. The summed E-state index contributed by atoms with van der Waals surface area (Å²) in [7, 11) is 0. The Morgan fingerprint density at radius 1 is 0.818 bits per heavy atom. The number of primary amides is 1. The lowest BCUT2D eigenvalue weighted by molar-refractivity contribution is 0.0735. The van der Waals surface area contributed by atoms with Crippen LogP contribution in [0.4, 0.5) is 16.2 Å². The van der Waals surface area contributed by atoms with E-state index in [-0.39, 0.29) is 18.0 Å². The fourth-order valence-corrected chi connectivity index (χ4v) is 7.24. The minimum Gasteiger partial charge on any atom is -0.367 e. The van der Waals surface area contributed by atoms with Crippen molar-refractivity contribution < 1.29 is 9.59 Å². The van der Waals surface area contributed by atoms with Gasteiger partial charge in [0.2, 0.25) is 0 Å². The molecule has 0 spiro atoms. The Labute approximate surface area is 265 Å². The lowest BCUT2D eigenvalue weighted by atomic mass is 9.93. The molecule has 1 atom stereocenters. The summed E-state index contributed by atoms with van der Waals surface area (Å²) in [4.78, 5) is 35.2. The number of hydrogen-bond acceptors (Lipinski definition) is 5. The Morgan fingerprint density at radius 3 is 2.14 bits per heavy atom. The van der Waals surface area contributed by atoms with Crippen molar-refractivity contribution in [1.82, 2.24) is 15.1 Å². The van der Waals surface area contributed by atoms with Crippen LogP contribution in [-0.4, -0.2) is 80.1 Å². The van der Waals surface area contributed by atoms with Crippen molar-refractivity contribution in [1.29, 1.82) is 0 Å². The Hall–Kier alpha value is -3.59. The van der Waals surface area contributed by atoms with Gasteiger partial charge in [0.05, 0.1) is 17.4 Å². The summed E-state index contributed by atoms with van der Waals surface area (Å²) >= 11 is 6.24. The molecule has 1 saturated carbocycles. The zero-order valence-corrected chi connectivity index (χ0v) is 26.1. The highest BCUT2D eigenvalue weighted by molar-refractivity contribution is 6.30. The molecule has 2 saturated heterocycles. The maximum atomic E-state index is 13.6. The fraction of sp³-hybridized carbons (Fsp3) is 0.429. The number of halogens is 1. The first-order chi connectivity index (χ1) is 21.5. The minimum absolute atomic E-state index is 0.00542. The second-order valence-electron chi connectivity index (χ2n) is 12.1. The molecule has 2 heterocycles. The van der Waals surface area contributed by atoms with E-state index in [2.05, 4.69) is 57.6 Å². The van der Waals surface area contributed by atoms with Crippen LogP contribution in [0.1, 0.15) is 59.6 Å². The number of hydrogen-bond donors (Lipinski definition) is 2. The SMILES string of the molecule is NC(=O)N(c1cc(C(=O)N2CCNCC2)ccc1N1CCN(C(c2ccccc2)c2ccc(Cl)cc2)CC1)C1CCCCC1. The number of urea groups is 1. The lowest BCUT2D eigenvalue weighted by Crippen LogP contribution is -2.50. The van der Waals surface area contributed by atoms with E-state index in [4.69, 9.17) is 17.3 Å². The molecule has 8 nitrogen and oxygen atoms in total. The average Bonchev–Trinajstić information content (AvgIpc) is 3.07. The van der Waals surface area contributed by atoms with Crippen molar-refractivity contribution in [2.45, 2.75) is 44.2 Å². The number of carbonyl (C=O) groups excluding carboxylic acids is 2. The monoisotopic (exact) mass is 614 g/mol. The average molecular weight is 615 g/mol. The Kier molecular flexibility index (Phi) is 9.69. The third-order valence-electron chi connectivity index (χ3n) is 9.38. The molecule has 232 valence electrons. The van der Waals surface area contributed by atoms with E-state index in [0.29, 0.717) is 18.7 Å². The second-order valence-corrected chi connectivity index (χ2v) is 12.6. The standard InChI is InChI=1S/C35H43ClN6O2/c36-29-14-11-27(12-15-29)33(26-7-3-1-4-8-26)40-23-21-39(22-24-40)31-16-13-28(34(43)41-19-17-38-18-20-41)25-32(31)42(35(37)44)30-9-5-2-6-10-30/h1,3-4,7-8,11-16,25,30,33,38H,2,5-6,9-10,17-24H2,(H2,37,44). The van der Waals surface area contributed by atoms with Gasteiger partial charge in [0.25, 0.3) is 5.91 Å². The van der Waals surface area contributed by atoms with Crippen molar-refractivity contribution in [3.63, 3.8) is 0 Å². The number of piperazine rings is 2. The largest absolute Gasteiger partial charge is 0.367 e. The molecule has 1 unspecified atom stereocenters. The summed E-state index contributed by atoms with van der Waals surface area (Å²) in [5.74, 6) is 0.00542. The van der Waals surface area contributed by atoms with Crippen LogP contribution in [0, 0.1) is 0 Å². The zero-order valence-electron chi connectivity index (χ0n) is 25.3. The summed E-state index contributed by atoms with van der Waals surface area (Å²) in [5.41, 5.74) is 10.9. The van der Waals surface area contributed by atoms with Crippen LogP contribution in [0.15, 0.2) is 72.8 Å². The summed E-state index contributed by atoms with van der Waals surface area (Å²) in [6, 6.07) is 24.4. The predicted molar refractivity (Wildman–Crippen MR) is 178 cm³/mol. The number of nitrogens with one attached hydrogen (secondary N) is 1. The topological polar surface area (TPSA) is 85.1 Å². The molecule has 0 bridgehead atoms. The number of amides is 3. The molecule has 0 radical (unpaired) electrons. The fourth-order valence-electron chi connectivity index (χ4n) is 7.12. The number of nitrogens with two attached hydrogens (primary N) is 1. The van der Waals surface area contributed by atoms with Crippen LogP contribution in [-0.2, 0) is 0 Å². The van der Waals surface area contributed by atoms with Crippen molar-refractivity contribution in [3.05, 3.63) is 94.5 Å². The van der Waals surface area contributed by atoms with E-state index in [1.807, 2.05) is 35.2 Å². The number of benzene rings is 3. The van der Waals surface area contributed by atoms with Gasteiger partial charge in [0, 0.05) is 69.0 Å². The van der Waals surface area contributed by atoms with Crippen molar-refractivity contribution >= 4 is 34.9 Å². The molecule has 3 fully saturated rings. The van der Waals surface area contributed by atoms with Gasteiger partial charge >= 0.3 is 6.03 Å². The summed E-state index contributed by atoms with van der Waals surface area (Å²) in [6.45, 7) is 6.17. The van der Waals surface area contributed by atoms with Gasteiger partial charge in [-0.2, -0.15) is 0 Å². The molecule has 1 aliphatic carbocycles. The van der Waals surface area contributed by atoms with Crippen LogP contribution >= 0.6 is 11.6 Å². The van der Waals surface area contributed by atoms with Gasteiger partial charge in [-0.25, -0.2) is 4.79 Å². The van der Waals surface area contributed by atoms with E-state index in [1.165, 1.54) is 17.5 Å². The predicted octanol–water partition coefficient (Wildman–Crippen LogP) is 5.51. The molecule has 3 amide bonds. The van der Waals surface area contributed by atoms with Crippen LogP contribution in [0.2, 0.25) is 5.02 Å². The van der Waals surface area contributed by atoms with Crippen molar-refractivity contribution in [2.24, 2.45) is 5.73 Å². The van der Waals surface area contributed by atoms with Gasteiger partial charge in [-0.15, -0.1) is 0 Å². The first kappa shape index (κ1) is 30.4. The summed E-state index contributed by atoms with van der Waals surface area (Å²) < 4.78 is 0. The van der Waals surface area contributed by atoms with Gasteiger partial charge in [0.15, 0.2) is 0 Å². The Bertz CT molecular complexity index is 1410. The Balaban J connectivity index is 1.29. The summed E-state index contributed by atoms with van der Waals surface area (Å²) in [6.07, 6.45) is 5.18. The highest BCUT2D eigenvalue weighted by atomic mass is 35.5. The van der Waals surface area contributed by atoms with Crippen LogP contribution in [0.3, 0.4) is 0 Å². The highest BCUT2D eigenvalue weighted by Gasteiger charge is 2.32. The molecular formula is C35H43ClN6O2. The van der Waals surface area contributed by atoms with Crippen molar-refractivity contribution in [2.75, 3.05) is 62.2 Å². The van der Waals surface area contributed by atoms with Gasteiger partial charge in [-0.1, -0.05) is 73.3 Å². The highest BCUT2D eigenvalue weighted by Crippen LogP contribution is 2.38. The van der Waals surface area contributed by atoms with E-state index in [0.717, 1.165) is 81.3 Å². The van der Waals surface area contributed by atoms with Gasteiger partial charge in [0.1, 0.15) is 0 Å². The third kappa shape index (κ3) is 6.72. The molecule has 0 aromatic heterocycles. The molecule has 2 aliphatic heterocycles. The van der Waals surface area contributed by atoms with E-state index < -0.39 is 6.03 Å². The van der Waals surface area contributed by atoms with Crippen LogP contribution in [0.25, 0.3) is 0 Å². The molecule has 6 rings (SSSR count). The minimum atomic E-state index is -0.449. The summed E-state index contributed by atoms with van der Waals surface area (Å²) in [5, 5.41) is 4.05. The van der Waals surface area contributed by atoms with Gasteiger partial charge in [-0.3, -0.25) is 14.6 Å². The van der Waals surface area contributed by atoms with Crippen LogP contribution < -0.4 is 20.9 Å². The lowest BCUT2D eigenvalue weighted by Gasteiger charge is -2.42. The van der Waals surface area contributed by atoms with Gasteiger partial charge in [-0.05, 0) is 54.3 Å².